The number of rotatable bonds is 5. The summed E-state index contributed by atoms with van der Waals surface area (Å²) in [6, 6.07) is 14.9. The second-order valence-corrected chi connectivity index (χ2v) is 7.75. The van der Waals surface area contributed by atoms with Crippen LogP contribution in [-0.4, -0.2) is 39.9 Å². The van der Waals surface area contributed by atoms with Crippen molar-refractivity contribution in [2.75, 3.05) is 6.61 Å². The normalized spacial score (nSPS) is 20.0. The van der Waals surface area contributed by atoms with Crippen molar-refractivity contribution in [1.29, 1.82) is 0 Å². The maximum Gasteiger partial charge on any atom is 0.256 e. The zero-order chi connectivity index (χ0) is 20.5. The third-order valence-electron chi connectivity index (χ3n) is 5.50. The molecule has 2 aromatic carbocycles. The van der Waals surface area contributed by atoms with Gasteiger partial charge in [-0.2, -0.15) is 0 Å². The summed E-state index contributed by atoms with van der Waals surface area (Å²) in [5.41, 5.74) is 3.11. The second-order valence-electron chi connectivity index (χ2n) is 7.75. The zero-order valence-corrected chi connectivity index (χ0v) is 16.2. The number of pyridine rings is 1. The highest BCUT2D eigenvalue weighted by Crippen LogP contribution is 2.30. The number of aliphatic hydroxyl groups excluding tert-OH is 2. The van der Waals surface area contributed by atoms with Crippen molar-refractivity contribution in [3.8, 4) is 11.3 Å². The minimum absolute atomic E-state index is 0.0916. The third kappa shape index (κ3) is 3.81. The molecular weight excluding hydrogens is 368 g/mol. The minimum Gasteiger partial charge on any atom is -0.394 e. The van der Waals surface area contributed by atoms with Gasteiger partial charge in [0.2, 0.25) is 5.91 Å². The maximum atomic E-state index is 12.8. The van der Waals surface area contributed by atoms with Gasteiger partial charge in [-0.15, -0.1) is 0 Å². The van der Waals surface area contributed by atoms with Gasteiger partial charge in [-0.25, -0.2) is 0 Å². The lowest BCUT2D eigenvalue weighted by Crippen LogP contribution is -2.28. The second kappa shape index (κ2) is 7.81. The monoisotopic (exact) mass is 392 g/mol. The van der Waals surface area contributed by atoms with E-state index >= 15 is 0 Å². The third-order valence-corrected chi connectivity index (χ3v) is 5.50. The van der Waals surface area contributed by atoms with Gasteiger partial charge in [0.1, 0.15) is 0 Å². The fraction of sp³-hybridized carbons (Fsp3) is 0.304. The highest BCUT2D eigenvalue weighted by Gasteiger charge is 2.32. The molecule has 4 rings (SSSR count). The molecule has 1 aromatic heterocycles. The molecule has 1 aliphatic heterocycles. The number of carbonyl (C=O) groups excluding carboxylic acids is 1. The molecule has 0 aliphatic carbocycles. The van der Waals surface area contributed by atoms with Crippen molar-refractivity contribution in [1.82, 2.24) is 10.3 Å². The molecular formula is C23H24N2O4. The van der Waals surface area contributed by atoms with Gasteiger partial charge in [-0.3, -0.25) is 9.59 Å². The van der Waals surface area contributed by atoms with E-state index in [2.05, 4.69) is 10.3 Å². The summed E-state index contributed by atoms with van der Waals surface area (Å²) in [5, 5.41) is 23.2. The van der Waals surface area contributed by atoms with Gasteiger partial charge in [0.25, 0.3) is 5.56 Å². The Balaban J connectivity index is 1.75. The molecule has 29 heavy (non-hydrogen) atoms. The first-order valence-electron chi connectivity index (χ1n) is 9.81. The van der Waals surface area contributed by atoms with Crippen LogP contribution in [0.2, 0.25) is 0 Å². The molecule has 0 radical (unpaired) electrons. The number of nitrogens with one attached hydrogen (secondary N) is 2. The van der Waals surface area contributed by atoms with E-state index in [9.17, 15) is 19.8 Å². The maximum absolute atomic E-state index is 12.8. The average Bonchev–Trinajstić information content (AvgIpc) is 3.08. The van der Waals surface area contributed by atoms with Crippen LogP contribution in [0.4, 0.5) is 0 Å². The Bertz CT molecular complexity index is 1120. The lowest BCUT2D eigenvalue weighted by atomic mass is 9.93. The van der Waals surface area contributed by atoms with E-state index in [1.807, 2.05) is 42.5 Å². The molecule has 0 bridgehead atoms. The fourth-order valence-corrected chi connectivity index (χ4v) is 4.08. The van der Waals surface area contributed by atoms with Crippen LogP contribution in [0, 0.1) is 0 Å². The highest BCUT2D eigenvalue weighted by molar-refractivity contribution is 5.90. The number of aromatic nitrogens is 1. The van der Waals surface area contributed by atoms with Crippen LogP contribution in [0.3, 0.4) is 0 Å². The van der Waals surface area contributed by atoms with Crippen molar-refractivity contribution >= 4 is 16.7 Å². The van der Waals surface area contributed by atoms with E-state index in [4.69, 9.17) is 0 Å². The van der Waals surface area contributed by atoms with E-state index in [0.717, 1.165) is 22.1 Å². The highest BCUT2D eigenvalue weighted by atomic mass is 16.3. The Labute approximate surface area is 168 Å². The molecule has 1 aliphatic rings. The van der Waals surface area contributed by atoms with Gasteiger partial charge in [0.05, 0.1) is 24.7 Å². The van der Waals surface area contributed by atoms with Crippen LogP contribution in [0.15, 0.2) is 53.3 Å². The summed E-state index contributed by atoms with van der Waals surface area (Å²) in [7, 11) is 0. The number of carbonyl (C=O) groups is 1. The Hall–Kier alpha value is -2.96. The summed E-state index contributed by atoms with van der Waals surface area (Å²) < 4.78 is 0. The SMILES string of the molecule is CC(O)Cc1ccccc1-c1cc2ccc([C@H]3CC(CO)NC3=O)cc2c(=O)[nH]1. The van der Waals surface area contributed by atoms with Crippen molar-refractivity contribution in [3.63, 3.8) is 0 Å². The number of benzene rings is 2. The van der Waals surface area contributed by atoms with E-state index in [1.54, 1.807) is 13.0 Å². The number of amides is 1. The van der Waals surface area contributed by atoms with E-state index in [0.29, 0.717) is 23.9 Å². The molecule has 2 heterocycles. The lowest BCUT2D eigenvalue weighted by molar-refractivity contribution is -0.120. The number of aliphatic hydroxyl groups is 2. The Morgan fingerprint density at radius 1 is 1.14 bits per heavy atom. The molecule has 2 unspecified atom stereocenters. The number of aromatic amines is 1. The van der Waals surface area contributed by atoms with Gasteiger partial charge in [-0.1, -0.05) is 36.4 Å². The first kappa shape index (κ1) is 19.4. The molecule has 1 saturated heterocycles. The minimum atomic E-state index is -0.480. The predicted molar refractivity (Wildman–Crippen MR) is 112 cm³/mol. The largest absolute Gasteiger partial charge is 0.394 e. The van der Waals surface area contributed by atoms with Crippen LogP contribution in [0.25, 0.3) is 22.0 Å². The molecule has 6 heteroatoms. The van der Waals surface area contributed by atoms with Crippen molar-refractivity contribution < 1.29 is 15.0 Å². The summed E-state index contributed by atoms with van der Waals surface area (Å²) in [5.74, 6) is -0.481. The van der Waals surface area contributed by atoms with Gasteiger partial charge >= 0.3 is 0 Å². The lowest BCUT2D eigenvalue weighted by Gasteiger charge is -2.13. The first-order chi connectivity index (χ1) is 14.0. The summed E-state index contributed by atoms with van der Waals surface area (Å²) in [6.07, 6.45) is 0.535. The van der Waals surface area contributed by atoms with E-state index in [-0.39, 0.29) is 30.0 Å². The molecule has 1 fully saturated rings. The standard InChI is InChI=1S/C23H24N2O4/c1-13(27)8-14-4-2-3-5-18(14)21-10-16-7-6-15(9-19(16)23(29)25-21)20-11-17(12-26)24-22(20)28/h2-7,9-10,13,17,20,26-27H,8,11-12H2,1H3,(H,24,28)(H,25,29)/t13?,17?,20-/m1/s1. The number of hydrogen-bond acceptors (Lipinski definition) is 4. The smallest absolute Gasteiger partial charge is 0.256 e. The summed E-state index contributed by atoms with van der Waals surface area (Å²) >= 11 is 0. The first-order valence-corrected chi connectivity index (χ1v) is 9.81. The van der Waals surface area contributed by atoms with E-state index < -0.39 is 6.10 Å². The van der Waals surface area contributed by atoms with Crippen LogP contribution in [0.5, 0.6) is 0 Å². The van der Waals surface area contributed by atoms with Crippen LogP contribution < -0.4 is 10.9 Å². The average molecular weight is 392 g/mol. The zero-order valence-electron chi connectivity index (χ0n) is 16.2. The molecule has 1 amide bonds. The molecule has 0 spiro atoms. The summed E-state index contributed by atoms with van der Waals surface area (Å²) in [4.78, 5) is 28.0. The van der Waals surface area contributed by atoms with Gasteiger partial charge in [0.15, 0.2) is 0 Å². The van der Waals surface area contributed by atoms with Crippen molar-refractivity contribution in [2.24, 2.45) is 0 Å². The molecule has 4 N–H and O–H groups in total. The Morgan fingerprint density at radius 3 is 2.66 bits per heavy atom. The van der Waals surface area contributed by atoms with Crippen LogP contribution in [0.1, 0.15) is 30.4 Å². The molecule has 3 atom stereocenters. The topological polar surface area (TPSA) is 102 Å². The van der Waals surface area contributed by atoms with Crippen molar-refractivity contribution in [3.05, 3.63) is 70.0 Å². The fourth-order valence-electron chi connectivity index (χ4n) is 4.08. The Morgan fingerprint density at radius 2 is 1.93 bits per heavy atom. The predicted octanol–water partition coefficient (Wildman–Crippen LogP) is 2.08. The van der Waals surface area contributed by atoms with Gasteiger partial charge < -0.3 is 20.5 Å². The van der Waals surface area contributed by atoms with E-state index in [1.165, 1.54) is 0 Å². The van der Waals surface area contributed by atoms with Crippen LogP contribution >= 0.6 is 0 Å². The molecule has 150 valence electrons. The number of hydrogen-bond donors (Lipinski definition) is 4. The molecule has 6 nitrogen and oxygen atoms in total. The van der Waals surface area contributed by atoms with Gasteiger partial charge in [0, 0.05) is 16.6 Å². The van der Waals surface area contributed by atoms with Crippen molar-refractivity contribution in [2.45, 2.75) is 37.8 Å². The quantitative estimate of drug-likeness (QED) is 0.534. The number of fused-ring (bicyclic) bond motifs is 1. The Kier molecular flexibility index (Phi) is 5.22. The molecule has 3 aromatic rings. The van der Waals surface area contributed by atoms with Crippen LogP contribution in [-0.2, 0) is 11.2 Å². The molecule has 0 saturated carbocycles. The van der Waals surface area contributed by atoms with Gasteiger partial charge in [-0.05, 0) is 48.4 Å². The number of H-pyrrole nitrogens is 1. The summed E-state index contributed by atoms with van der Waals surface area (Å²) in [6.45, 7) is 1.65.